The van der Waals surface area contributed by atoms with Gasteiger partial charge in [-0.15, -0.1) is 11.3 Å². The van der Waals surface area contributed by atoms with Gasteiger partial charge in [0, 0.05) is 22.8 Å². The minimum atomic E-state index is -4.33. The Morgan fingerprint density at radius 2 is 2.10 bits per heavy atom. The summed E-state index contributed by atoms with van der Waals surface area (Å²) in [5, 5.41) is 13.7. The number of rotatable bonds is 4. The number of hydrogen-bond acceptors (Lipinski definition) is 3. The molecule has 0 aliphatic rings. The fourth-order valence-electron chi connectivity index (χ4n) is 1.89. The quantitative estimate of drug-likeness (QED) is 0.903. The van der Waals surface area contributed by atoms with E-state index in [-0.39, 0.29) is 6.04 Å². The molecule has 2 nitrogen and oxygen atoms in total. The third-order valence-electron chi connectivity index (χ3n) is 3.08. The standard InChI is InChI=1S/C15H13F3N2S/c1-10(20-8-14-5-11(7-19)9-21-14)12-3-2-4-13(6-12)15(16,17)18/h2-6,9-10,20H,8H2,1H3. The highest BCUT2D eigenvalue weighted by Gasteiger charge is 2.30. The lowest BCUT2D eigenvalue weighted by atomic mass is 10.0. The first-order valence-electron chi connectivity index (χ1n) is 6.28. The lowest BCUT2D eigenvalue weighted by molar-refractivity contribution is -0.137. The lowest BCUT2D eigenvalue weighted by Gasteiger charge is -2.15. The van der Waals surface area contributed by atoms with Crippen LogP contribution in [0.2, 0.25) is 0 Å². The molecule has 21 heavy (non-hydrogen) atoms. The maximum Gasteiger partial charge on any atom is 0.416 e. The first-order valence-corrected chi connectivity index (χ1v) is 7.16. The Hall–Kier alpha value is -1.84. The monoisotopic (exact) mass is 310 g/mol. The van der Waals surface area contributed by atoms with Gasteiger partial charge in [-0.05, 0) is 30.7 Å². The molecule has 0 saturated heterocycles. The molecule has 1 aromatic heterocycles. The number of nitrogens with one attached hydrogen (secondary N) is 1. The topological polar surface area (TPSA) is 35.8 Å². The second kappa shape index (κ2) is 6.29. The van der Waals surface area contributed by atoms with Gasteiger partial charge in [0.25, 0.3) is 0 Å². The van der Waals surface area contributed by atoms with E-state index in [2.05, 4.69) is 5.32 Å². The van der Waals surface area contributed by atoms with Crippen molar-refractivity contribution in [3.63, 3.8) is 0 Å². The van der Waals surface area contributed by atoms with Gasteiger partial charge in [0.2, 0.25) is 0 Å². The zero-order valence-electron chi connectivity index (χ0n) is 11.2. The first kappa shape index (κ1) is 15.5. The average Bonchev–Trinajstić information content (AvgIpc) is 2.92. The van der Waals surface area contributed by atoms with Gasteiger partial charge < -0.3 is 5.32 Å². The van der Waals surface area contributed by atoms with Gasteiger partial charge in [-0.25, -0.2) is 0 Å². The van der Waals surface area contributed by atoms with Gasteiger partial charge in [0.15, 0.2) is 0 Å². The molecule has 110 valence electrons. The van der Waals surface area contributed by atoms with Crippen molar-refractivity contribution in [3.05, 3.63) is 57.3 Å². The van der Waals surface area contributed by atoms with Crippen molar-refractivity contribution in [2.45, 2.75) is 25.7 Å². The van der Waals surface area contributed by atoms with E-state index in [0.29, 0.717) is 17.7 Å². The van der Waals surface area contributed by atoms with Gasteiger partial charge in [0.05, 0.1) is 11.1 Å². The van der Waals surface area contributed by atoms with E-state index >= 15 is 0 Å². The van der Waals surface area contributed by atoms with Crippen molar-refractivity contribution in [3.8, 4) is 6.07 Å². The number of alkyl halides is 3. The Balaban J connectivity index is 2.03. The summed E-state index contributed by atoms with van der Waals surface area (Å²) in [5.74, 6) is 0. The van der Waals surface area contributed by atoms with Crippen LogP contribution in [-0.2, 0) is 12.7 Å². The predicted molar refractivity (Wildman–Crippen MR) is 75.7 cm³/mol. The lowest BCUT2D eigenvalue weighted by Crippen LogP contribution is -2.18. The van der Waals surface area contributed by atoms with E-state index in [1.54, 1.807) is 17.5 Å². The van der Waals surface area contributed by atoms with Gasteiger partial charge in [-0.2, -0.15) is 18.4 Å². The summed E-state index contributed by atoms with van der Waals surface area (Å²) in [6.07, 6.45) is -4.33. The molecule has 0 radical (unpaired) electrons. The Morgan fingerprint density at radius 1 is 1.33 bits per heavy atom. The number of hydrogen-bond donors (Lipinski definition) is 1. The summed E-state index contributed by atoms with van der Waals surface area (Å²) in [6.45, 7) is 2.33. The predicted octanol–water partition coefficient (Wildman–Crippen LogP) is 4.49. The van der Waals surface area contributed by atoms with Crippen LogP contribution in [0.25, 0.3) is 0 Å². The van der Waals surface area contributed by atoms with E-state index in [0.717, 1.165) is 17.0 Å². The molecular formula is C15H13F3N2S. The van der Waals surface area contributed by atoms with Crippen LogP contribution in [0.4, 0.5) is 13.2 Å². The van der Waals surface area contributed by atoms with Crippen LogP contribution in [-0.4, -0.2) is 0 Å². The highest BCUT2D eigenvalue weighted by Crippen LogP contribution is 2.30. The SMILES string of the molecule is CC(NCc1cc(C#N)cs1)c1cccc(C(F)(F)F)c1. The summed E-state index contributed by atoms with van der Waals surface area (Å²) in [4.78, 5) is 0.977. The minimum Gasteiger partial charge on any atom is -0.305 e. The first-order chi connectivity index (χ1) is 9.90. The molecule has 0 bridgehead atoms. The molecule has 0 spiro atoms. The zero-order chi connectivity index (χ0) is 15.5. The molecule has 2 rings (SSSR count). The molecule has 6 heteroatoms. The van der Waals surface area contributed by atoms with Crippen LogP contribution in [0.1, 0.15) is 34.5 Å². The Bertz CT molecular complexity index is 655. The molecule has 0 fully saturated rings. The third-order valence-corrected chi connectivity index (χ3v) is 4.02. The molecule has 0 saturated carbocycles. The number of nitrogens with zero attached hydrogens (tertiary/aromatic N) is 1. The van der Waals surface area contributed by atoms with E-state index in [4.69, 9.17) is 5.26 Å². The van der Waals surface area contributed by atoms with Crippen LogP contribution < -0.4 is 5.32 Å². The van der Waals surface area contributed by atoms with Gasteiger partial charge in [-0.1, -0.05) is 12.1 Å². The van der Waals surface area contributed by atoms with Crippen LogP contribution in [0, 0.1) is 11.3 Å². The molecule has 2 aromatic rings. The fraction of sp³-hybridized carbons (Fsp3) is 0.267. The van der Waals surface area contributed by atoms with Crippen molar-refractivity contribution < 1.29 is 13.2 Å². The zero-order valence-corrected chi connectivity index (χ0v) is 12.1. The molecule has 1 N–H and O–H groups in total. The summed E-state index contributed by atoms with van der Waals surface area (Å²) in [5.41, 5.74) is 0.543. The van der Waals surface area contributed by atoms with E-state index < -0.39 is 11.7 Å². The highest BCUT2D eigenvalue weighted by molar-refractivity contribution is 7.10. The van der Waals surface area contributed by atoms with E-state index in [1.807, 2.05) is 13.0 Å². The summed E-state index contributed by atoms with van der Waals surface area (Å²) in [6, 6.07) is 8.92. The minimum absolute atomic E-state index is 0.208. The number of nitriles is 1. The third kappa shape index (κ3) is 4.06. The Labute approximate surface area is 124 Å². The van der Waals surface area contributed by atoms with Gasteiger partial charge in [0.1, 0.15) is 6.07 Å². The molecule has 0 aliphatic heterocycles. The largest absolute Gasteiger partial charge is 0.416 e. The number of thiophene rings is 1. The van der Waals surface area contributed by atoms with Crippen molar-refractivity contribution >= 4 is 11.3 Å². The molecule has 1 atom stereocenters. The van der Waals surface area contributed by atoms with Crippen molar-refractivity contribution in [1.82, 2.24) is 5.32 Å². The van der Waals surface area contributed by atoms with E-state index in [1.165, 1.54) is 17.4 Å². The molecule has 0 amide bonds. The van der Waals surface area contributed by atoms with Crippen molar-refractivity contribution in [2.75, 3.05) is 0 Å². The number of halogens is 3. The van der Waals surface area contributed by atoms with Crippen LogP contribution >= 0.6 is 11.3 Å². The van der Waals surface area contributed by atoms with Gasteiger partial charge >= 0.3 is 6.18 Å². The average molecular weight is 310 g/mol. The summed E-state index contributed by atoms with van der Waals surface area (Å²) >= 11 is 1.45. The number of benzene rings is 1. The van der Waals surface area contributed by atoms with Crippen LogP contribution in [0.5, 0.6) is 0 Å². The molecule has 1 aromatic carbocycles. The maximum absolute atomic E-state index is 12.7. The van der Waals surface area contributed by atoms with E-state index in [9.17, 15) is 13.2 Å². The van der Waals surface area contributed by atoms with Crippen LogP contribution in [0.3, 0.4) is 0 Å². The van der Waals surface area contributed by atoms with Crippen LogP contribution in [0.15, 0.2) is 35.7 Å². The second-order valence-corrected chi connectivity index (χ2v) is 5.64. The van der Waals surface area contributed by atoms with Crippen molar-refractivity contribution in [2.24, 2.45) is 0 Å². The van der Waals surface area contributed by atoms with Gasteiger partial charge in [-0.3, -0.25) is 0 Å². The summed E-state index contributed by atoms with van der Waals surface area (Å²) in [7, 11) is 0. The molecular weight excluding hydrogens is 297 g/mol. The Morgan fingerprint density at radius 3 is 2.71 bits per heavy atom. The molecule has 1 heterocycles. The van der Waals surface area contributed by atoms with Crippen molar-refractivity contribution in [1.29, 1.82) is 5.26 Å². The second-order valence-electron chi connectivity index (χ2n) is 4.64. The fourth-order valence-corrected chi connectivity index (χ4v) is 2.65. The smallest absolute Gasteiger partial charge is 0.305 e. The summed E-state index contributed by atoms with van der Waals surface area (Å²) < 4.78 is 38.0. The Kier molecular flexibility index (Phi) is 4.66. The highest BCUT2D eigenvalue weighted by atomic mass is 32.1. The molecule has 1 unspecified atom stereocenters. The maximum atomic E-state index is 12.7. The normalized spacial score (nSPS) is 12.9. The molecule has 0 aliphatic carbocycles.